The molecule has 1 aromatic carbocycles. The van der Waals surface area contributed by atoms with E-state index in [9.17, 15) is 4.79 Å². The summed E-state index contributed by atoms with van der Waals surface area (Å²) in [4.78, 5) is 20.5. The molecule has 23 heavy (non-hydrogen) atoms. The molecule has 0 N–H and O–H groups in total. The number of hydrogen-bond donors (Lipinski definition) is 0. The topological polar surface area (TPSA) is 41.9 Å². The van der Waals surface area contributed by atoms with Crippen molar-refractivity contribution in [3.05, 3.63) is 34.9 Å². The molecule has 2 aliphatic heterocycles. The maximum Gasteiger partial charge on any atom is 0.269 e. The van der Waals surface area contributed by atoms with Crippen molar-refractivity contribution >= 4 is 23.2 Å². The highest BCUT2D eigenvalue weighted by Gasteiger charge is 2.46. The van der Waals surface area contributed by atoms with Gasteiger partial charge < -0.3 is 9.74 Å². The van der Waals surface area contributed by atoms with Crippen LogP contribution in [0, 0.1) is 11.8 Å². The van der Waals surface area contributed by atoms with Crippen LogP contribution in [0.4, 0.5) is 0 Å². The highest BCUT2D eigenvalue weighted by molar-refractivity contribution is 6.34. The summed E-state index contributed by atoms with van der Waals surface area (Å²) in [5, 5.41) is 4.79. The van der Waals surface area contributed by atoms with Gasteiger partial charge in [0, 0.05) is 30.1 Å². The third-order valence-corrected chi connectivity index (χ3v) is 4.98. The molecule has 1 saturated heterocycles. The van der Waals surface area contributed by atoms with Gasteiger partial charge in [0.2, 0.25) is 5.60 Å². The van der Waals surface area contributed by atoms with Crippen LogP contribution in [0.5, 0.6) is 0 Å². The summed E-state index contributed by atoms with van der Waals surface area (Å²) >= 11 is 6.23. The lowest BCUT2D eigenvalue weighted by molar-refractivity contribution is -0.156. The molecule has 4 nitrogen and oxygen atoms in total. The van der Waals surface area contributed by atoms with Crippen LogP contribution in [-0.2, 0) is 9.63 Å². The SMILES string of the molecule is C[C@@H]1C[C@@H](C)CN(C(=O)[C@@]2(C)CC(c3ccccc3Cl)=NO2)C1. The van der Waals surface area contributed by atoms with Crippen LogP contribution >= 0.6 is 11.6 Å². The molecule has 2 aliphatic rings. The average Bonchev–Trinajstić information content (AvgIpc) is 2.89. The Morgan fingerprint density at radius 1 is 1.30 bits per heavy atom. The molecule has 1 amide bonds. The summed E-state index contributed by atoms with van der Waals surface area (Å²) in [6.07, 6.45) is 1.62. The fourth-order valence-electron chi connectivity index (χ4n) is 3.66. The standard InChI is InChI=1S/C18H23ClN2O2/c1-12-8-13(2)11-21(10-12)17(22)18(3)9-16(20-23-18)14-6-4-5-7-15(14)19/h4-7,12-13H,8-11H2,1-3H3/t12-,13-,18-/m1/s1. The maximum absolute atomic E-state index is 13.0. The molecule has 5 heteroatoms. The normalized spacial score (nSPS) is 30.8. The zero-order valence-corrected chi connectivity index (χ0v) is 14.6. The highest BCUT2D eigenvalue weighted by atomic mass is 35.5. The molecule has 3 rings (SSSR count). The molecule has 0 radical (unpaired) electrons. The van der Waals surface area contributed by atoms with Crippen molar-refractivity contribution in [2.75, 3.05) is 13.1 Å². The molecule has 2 heterocycles. The molecule has 124 valence electrons. The summed E-state index contributed by atoms with van der Waals surface area (Å²) in [5.74, 6) is 1.08. The number of nitrogens with zero attached hydrogens (tertiary/aromatic N) is 2. The third kappa shape index (κ3) is 3.23. The lowest BCUT2D eigenvalue weighted by Gasteiger charge is -2.38. The highest BCUT2D eigenvalue weighted by Crippen LogP contribution is 2.32. The van der Waals surface area contributed by atoms with Crippen molar-refractivity contribution in [2.45, 2.75) is 39.2 Å². The van der Waals surface area contributed by atoms with Crippen molar-refractivity contribution < 1.29 is 9.63 Å². The number of carbonyl (C=O) groups excluding carboxylic acids is 1. The molecule has 0 bridgehead atoms. The zero-order valence-electron chi connectivity index (χ0n) is 13.9. The summed E-state index contributed by atoms with van der Waals surface area (Å²) in [6.45, 7) is 7.80. The fraction of sp³-hybridized carbons (Fsp3) is 0.556. The number of amides is 1. The van der Waals surface area contributed by atoms with E-state index in [2.05, 4.69) is 19.0 Å². The van der Waals surface area contributed by atoms with E-state index in [1.807, 2.05) is 36.1 Å². The number of rotatable bonds is 2. The molecule has 0 saturated carbocycles. The van der Waals surface area contributed by atoms with Gasteiger partial charge in [-0.05, 0) is 31.2 Å². The Labute approximate surface area is 142 Å². The second-order valence-corrected chi connectivity index (χ2v) is 7.58. The summed E-state index contributed by atoms with van der Waals surface area (Å²) in [5.41, 5.74) is 0.654. The van der Waals surface area contributed by atoms with Crippen molar-refractivity contribution in [1.82, 2.24) is 4.90 Å². The van der Waals surface area contributed by atoms with E-state index in [-0.39, 0.29) is 5.91 Å². The smallest absolute Gasteiger partial charge is 0.269 e. The van der Waals surface area contributed by atoms with E-state index in [1.165, 1.54) is 6.42 Å². The monoisotopic (exact) mass is 334 g/mol. The van der Waals surface area contributed by atoms with Gasteiger partial charge in [0.05, 0.1) is 5.71 Å². The van der Waals surface area contributed by atoms with Crippen molar-refractivity contribution in [3.63, 3.8) is 0 Å². The van der Waals surface area contributed by atoms with Crippen LogP contribution in [0.15, 0.2) is 29.4 Å². The van der Waals surface area contributed by atoms with E-state index >= 15 is 0 Å². The van der Waals surface area contributed by atoms with Crippen LogP contribution in [0.2, 0.25) is 5.02 Å². The summed E-state index contributed by atoms with van der Waals surface area (Å²) in [7, 11) is 0. The van der Waals surface area contributed by atoms with E-state index < -0.39 is 5.60 Å². The first kappa shape index (κ1) is 16.3. The van der Waals surface area contributed by atoms with Crippen LogP contribution in [-0.4, -0.2) is 35.2 Å². The average molecular weight is 335 g/mol. The minimum absolute atomic E-state index is 0.0294. The fourth-order valence-corrected chi connectivity index (χ4v) is 3.90. The summed E-state index contributed by atoms with van der Waals surface area (Å²) in [6, 6.07) is 7.52. The van der Waals surface area contributed by atoms with Gasteiger partial charge in [-0.25, -0.2) is 0 Å². The number of carbonyl (C=O) groups is 1. The predicted octanol–water partition coefficient (Wildman–Crippen LogP) is 3.73. The van der Waals surface area contributed by atoms with Gasteiger partial charge in [-0.1, -0.05) is 48.8 Å². The first-order chi connectivity index (χ1) is 10.9. The van der Waals surface area contributed by atoms with Gasteiger partial charge >= 0.3 is 0 Å². The maximum atomic E-state index is 13.0. The first-order valence-corrected chi connectivity index (χ1v) is 8.56. The third-order valence-electron chi connectivity index (χ3n) is 4.66. The Morgan fingerprint density at radius 2 is 1.96 bits per heavy atom. The van der Waals surface area contributed by atoms with E-state index in [4.69, 9.17) is 16.4 Å². The van der Waals surface area contributed by atoms with Gasteiger partial charge in [0.1, 0.15) is 0 Å². The largest absolute Gasteiger partial charge is 0.379 e. The van der Waals surface area contributed by atoms with Gasteiger partial charge in [-0.15, -0.1) is 0 Å². The van der Waals surface area contributed by atoms with Crippen molar-refractivity contribution in [3.8, 4) is 0 Å². The Bertz CT molecular complexity index is 636. The molecule has 1 aromatic rings. The number of benzene rings is 1. The Balaban J connectivity index is 1.75. The molecule has 0 aromatic heterocycles. The van der Waals surface area contributed by atoms with Gasteiger partial charge in [-0.3, -0.25) is 4.79 Å². The van der Waals surface area contributed by atoms with Crippen LogP contribution in [0.3, 0.4) is 0 Å². The van der Waals surface area contributed by atoms with E-state index in [1.54, 1.807) is 0 Å². The molecule has 0 unspecified atom stereocenters. The Morgan fingerprint density at radius 3 is 2.61 bits per heavy atom. The zero-order chi connectivity index (χ0) is 16.6. The van der Waals surface area contributed by atoms with Crippen LogP contribution in [0.25, 0.3) is 0 Å². The molecular weight excluding hydrogens is 312 g/mol. The molecule has 3 atom stereocenters. The minimum atomic E-state index is -0.925. The molecule has 0 aliphatic carbocycles. The van der Waals surface area contributed by atoms with E-state index in [0.717, 1.165) is 24.4 Å². The number of oxime groups is 1. The molecule has 1 fully saturated rings. The van der Waals surface area contributed by atoms with Gasteiger partial charge in [-0.2, -0.15) is 0 Å². The van der Waals surface area contributed by atoms with Gasteiger partial charge in [0.25, 0.3) is 5.91 Å². The second kappa shape index (κ2) is 6.16. The summed E-state index contributed by atoms with van der Waals surface area (Å²) < 4.78 is 0. The Kier molecular flexibility index (Phi) is 4.37. The second-order valence-electron chi connectivity index (χ2n) is 7.17. The van der Waals surface area contributed by atoms with Crippen LogP contribution < -0.4 is 0 Å². The molecular formula is C18H23ClN2O2. The van der Waals surface area contributed by atoms with Crippen LogP contribution in [0.1, 0.15) is 39.2 Å². The van der Waals surface area contributed by atoms with Crippen molar-refractivity contribution in [2.24, 2.45) is 17.0 Å². The number of piperidine rings is 1. The van der Waals surface area contributed by atoms with Gasteiger partial charge in [0.15, 0.2) is 0 Å². The minimum Gasteiger partial charge on any atom is -0.379 e. The van der Waals surface area contributed by atoms with Crippen molar-refractivity contribution in [1.29, 1.82) is 0 Å². The quantitative estimate of drug-likeness (QED) is 0.827. The predicted molar refractivity (Wildman–Crippen MR) is 91.6 cm³/mol. The Hall–Kier alpha value is -1.55. The number of likely N-dealkylation sites (tertiary alicyclic amines) is 1. The first-order valence-electron chi connectivity index (χ1n) is 8.18. The number of halogens is 1. The van der Waals surface area contributed by atoms with E-state index in [0.29, 0.717) is 23.3 Å². The lowest BCUT2D eigenvalue weighted by atomic mass is 9.89. The molecule has 0 spiro atoms. The lowest BCUT2D eigenvalue weighted by Crippen LogP contribution is -2.52. The number of hydrogen-bond acceptors (Lipinski definition) is 3.